The monoisotopic (exact) mass is 136 g/mol. The zero-order chi connectivity index (χ0) is 7.40. The first-order valence-corrected chi connectivity index (χ1v) is 4.11. The van der Waals surface area contributed by atoms with Crippen molar-refractivity contribution in [2.24, 2.45) is 5.92 Å². The molecular weight excluding hydrogens is 120 g/mol. The molecule has 0 nitrogen and oxygen atoms in total. The topological polar surface area (TPSA) is 0 Å². The van der Waals surface area contributed by atoms with E-state index in [1.807, 2.05) is 6.92 Å². The average Bonchev–Trinajstić information content (AvgIpc) is 2.49. The van der Waals surface area contributed by atoms with Gasteiger partial charge in [-0.05, 0) is 38.5 Å². The van der Waals surface area contributed by atoms with Gasteiger partial charge in [0.25, 0.3) is 0 Å². The van der Waals surface area contributed by atoms with Gasteiger partial charge in [-0.15, -0.1) is 6.58 Å². The SMILES string of the molecule is C1=C2CCC(C1)C2.C=CC. The summed E-state index contributed by atoms with van der Waals surface area (Å²) in [5, 5.41) is 0. The molecule has 0 N–H and O–H groups in total. The number of allylic oxidation sites excluding steroid dienone is 3. The number of fused-ring (bicyclic) bond motifs is 2. The molecule has 1 atom stereocenters. The Labute approximate surface area is 63.6 Å². The lowest BCUT2D eigenvalue weighted by molar-refractivity contribution is 0.576. The first-order valence-electron chi connectivity index (χ1n) is 4.11. The van der Waals surface area contributed by atoms with Crippen LogP contribution < -0.4 is 0 Å². The minimum absolute atomic E-state index is 1.08. The highest BCUT2D eigenvalue weighted by molar-refractivity contribution is 5.15. The van der Waals surface area contributed by atoms with Crippen LogP contribution in [0, 0.1) is 5.92 Å². The van der Waals surface area contributed by atoms with Gasteiger partial charge < -0.3 is 0 Å². The summed E-state index contributed by atoms with van der Waals surface area (Å²) in [6, 6.07) is 0. The molecule has 0 radical (unpaired) electrons. The highest BCUT2D eigenvalue weighted by atomic mass is 14.3. The summed E-state index contributed by atoms with van der Waals surface area (Å²) in [6.45, 7) is 5.25. The van der Waals surface area contributed by atoms with Crippen LogP contribution in [0.2, 0.25) is 0 Å². The van der Waals surface area contributed by atoms with Gasteiger partial charge in [0.2, 0.25) is 0 Å². The van der Waals surface area contributed by atoms with Crippen LogP contribution in [0.3, 0.4) is 0 Å². The molecule has 0 aliphatic heterocycles. The smallest absolute Gasteiger partial charge is 0.0289 e. The minimum atomic E-state index is 1.08. The van der Waals surface area contributed by atoms with E-state index in [0.717, 1.165) is 5.92 Å². The second-order valence-corrected chi connectivity index (χ2v) is 3.12. The molecule has 0 heterocycles. The molecule has 0 aromatic heterocycles. The van der Waals surface area contributed by atoms with Gasteiger partial charge in [-0.2, -0.15) is 0 Å². The van der Waals surface area contributed by atoms with E-state index in [-0.39, 0.29) is 0 Å². The van der Waals surface area contributed by atoms with Crippen molar-refractivity contribution in [1.29, 1.82) is 0 Å². The third-order valence-electron chi connectivity index (χ3n) is 2.16. The highest BCUT2D eigenvalue weighted by Gasteiger charge is 2.22. The summed E-state index contributed by atoms with van der Waals surface area (Å²) < 4.78 is 0. The predicted octanol–water partition coefficient (Wildman–Crippen LogP) is 3.31. The molecule has 0 aromatic rings. The van der Waals surface area contributed by atoms with Gasteiger partial charge in [0.1, 0.15) is 0 Å². The molecule has 0 spiro atoms. The van der Waals surface area contributed by atoms with E-state index in [1.165, 1.54) is 25.7 Å². The van der Waals surface area contributed by atoms with E-state index in [1.54, 1.807) is 11.6 Å². The number of hydrogen-bond donors (Lipinski definition) is 0. The second kappa shape index (κ2) is 3.60. The van der Waals surface area contributed by atoms with Crippen LogP contribution in [-0.4, -0.2) is 0 Å². The third kappa shape index (κ3) is 1.73. The van der Waals surface area contributed by atoms with Crippen LogP contribution >= 0.6 is 0 Å². The largest absolute Gasteiger partial charge is 0.103 e. The zero-order valence-corrected chi connectivity index (χ0v) is 6.77. The fourth-order valence-electron chi connectivity index (χ4n) is 1.68. The lowest BCUT2D eigenvalue weighted by Crippen LogP contribution is -1.85. The maximum atomic E-state index is 3.36. The van der Waals surface area contributed by atoms with E-state index in [4.69, 9.17) is 0 Å². The molecule has 2 rings (SSSR count). The summed E-state index contributed by atoms with van der Waals surface area (Å²) >= 11 is 0. The molecule has 1 unspecified atom stereocenters. The molecule has 2 bridgehead atoms. The number of hydrogen-bond acceptors (Lipinski definition) is 0. The van der Waals surface area contributed by atoms with Crippen LogP contribution in [0.4, 0.5) is 0 Å². The second-order valence-electron chi connectivity index (χ2n) is 3.12. The normalized spacial score (nSPS) is 26.9. The average molecular weight is 136 g/mol. The predicted molar refractivity (Wildman–Crippen MR) is 45.9 cm³/mol. The molecule has 2 aliphatic rings. The molecule has 0 aromatic carbocycles. The van der Waals surface area contributed by atoms with Crippen molar-refractivity contribution in [3.05, 3.63) is 24.3 Å². The summed E-state index contributed by atoms with van der Waals surface area (Å²) in [5.41, 5.74) is 1.74. The maximum Gasteiger partial charge on any atom is -0.0289 e. The van der Waals surface area contributed by atoms with Gasteiger partial charge in [0.15, 0.2) is 0 Å². The van der Waals surface area contributed by atoms with E-state index < -0.39 is 0 Å². The Kier molecular flexibility index (Phi) is 2.73. The van der Waals surface area contributed by atoms with Crippen LogP contribution in [0.5, 0.6) is 0 Å². The molecule has 0 amide bonds. The van der Waals surface area contributed by atoms with Crippen LogP contribution in [-0.2, 0) is 0 Å². The first kappa shape index (κ1) is 7.59. The summed E-state index contributed by atoms with van der Waals surface area (Å²) in [4.78, 5) is 0. The van der Waals surface area contributed by atoms with Crippen molar-refractivity contribution in [3.8, 4) is 0 Å². The Morgan fingerprint density at radius 3 is 2.50 bits per heavy atom. The maximum absolute atomic E-state index is 3.36. The third-order valence-corrected chi connectivity index (χ3v) is 2.16. The van der Waals surface area contributed by atoms with Gasteiger partial charge in [0, 0.05) is 0 Å². The minimum Gasteiger partial charge on any atom is -0.103 e. The fraction of sp³-hybridized carbons (Fsp3) is 0.600. The number of rotatable bonds is 0. The molecule has 10 heavy (non-hydrogen) atoms. The Morgan fingerprint density at radius 1 is 1.70 bits per heavy atom. The van der Waals surface area contributed by atoms with E-state index >= 15 is 0 Å². The van der Waals surface area contributed by atoms with E-state index in [2.05, 4.69) is 12.7 Å². The standard InChI is InChI=1S/C7H10.C3H6/c1-2-7-4-3-6(1)5-7;1-3-2/h1,7H,2-5H2;3H,1H2,2H3. The highest BCUT2D eigenvalue weighted by Crippen LogP contribution is 2.38. The van der Waals surface area contributed by atoms with Gasteiger partial charge >= 0.3 is 0 Å². The van der Waals surface area contributed by atoms with Crippen molar-refractivity contribution >= 4 is 0 Å². The Bertz CT molecular complexity index is 142. The lowest BCUT2D eigenvalue weighted by Gasteiger charge is -1.98. The molecule has 2 aliphatic carbocycles. The van der Waals surface area contributed by atoms with Crippen LogP contribution in [0.1, 0.15) is 32.6 Å². The fourth-order valence-corrected chi connectivity index (χ4v) is 1.68. The quantitative estimate of drug-likeness (QED) is 0.448. The van der Waals surface area contributed by atoms with Crippen molar-refractivity contribution in [2.45, 2.75) is 32.6 Å². The lowest BCUT2D eigenvalue weighted by atomic mass is 10.1. The van der Waals surface area contributed by atoms with Crippen molar-refractivity contribution in [2.75, 3.05) is 0 Å². The van der Waals surface area contributed by atoms with Crippen molar-refractivity contribution < 1.29 is 0 Å². The Balaban J connectivity index is 0.000000148. The van der Waals surface area contributed by atoms with Gasteiger partial charge in [-0.1, -0.05) is 17.7 Å². The Morgan fingerprint density at radius 2 is 2.40 bits per heavy atom. The van der Waals surface area contributed by atoms with Crippen LogP contribution in [0.15, 0.2) is 24.3 Å². The van der Waals surface area contributed by atoms with Crippen molar-refractivity contribution in [3.63, 3.8) is 0 Å². The Hall–Kier alpha value is -0.520. The zero-order valence-electron chi connectivity index (χ0n) is 6.77. The summed E-state index contributed by atoms with van der Waals surface area (Å²) in [5.74, 6) is 1.08. The van der Waals surface area contributed by atoms with E-state index in [9.17, 15) is 0 Å². The summed E-state index contributed by atoms with van der Waals surface area (Å²) in [6.07, 6.45) is 9.93. The van der Waals surface area contributed by atoms with E-state index in [0.29, 0.717) is 0 Å². The molecule has 1 fully saturated rings. The van der Waals surface area contributed by atoms with Gasteiger partial charge in [-0.3, -0.25) is 0 Å². The van der Waals surface area contributed by atoms with Gasteiger partial charge in [-0.25, -0.2) is 0 Å². The molecule has 1 saturated carbocycles. The van der Waals surface area contributed by atoms with Crippen molar-refractivity contribution in [1.82, 2.24) is 0 Å². The molecule has 0 saturated heterocycles. The van der Waals surface area contributed by atoms with Gasteiger partial charge in [0.05, 0.1) is 0 Å². The first-order chi connectivity index (χ1) is 4.86. The molecule has 56 valence electrons. The molecule has 0 heteroatoms. The summed E-state index contributed by atoms with van der Waals surface area (Å²) in [7, 11) is 0. The molecular formula is C10H16. The van der Waals surface area contributed by atoms with Crippen LogP contribution in [0.25, 0.3) is 0 Å².